The molecule has 0 amide bonds. The van der Waals surface area contributed by atoms with Crippen molar-refractivity contribution in [2.75, 3.05) is 6.61 Å². The Bertz CT molecular complexity index is 330. The lowest BCUT2D eigenvalue weighted by Crippen LogP contribution is -2.26. The smallest absolute Gasteiger partial charge is 0.106 e. The van der Waals surface area contributed by atoms with Crippen molar-refractivity contribution in [3.8, 4) is 0 Å². The predicted molar refractivity (Wildman–Crippen MR) is 68.7 cm³/mol. The number of nitrogens with two attached hydrogens (primary N) is 1. The molecule has 0 aromatic carbocycles. The van der Waals surface area contributed by atoms with Gasteiger partial charge in [0.1, 0.15) is 6.10 Å². The average molecular weight is 239 g/mol. The molecular formula is C13H21NOS. The molecular weight excluding hydrogens is 218 g/mol. The van der Waals surface area contributed by atoms with E-state index in [0.717, 1.165) is 12.5 Å². The number of hydrogen-bond acceptors (Lipinski definition) is 3. The minimum absolute atomic E-state index is 0.0669. The quantitative estimate of drug-likeness (QED) is 0.827. The molecule has 0 bridgehead atoms. The van der Waals surface area contributed by atoms with Crippen molar-refractivity contribution in [2.45, 2.75) is 45.3 Å². The van der Waals surface area contributed by atoms with E-state index in [0.29, 0.717) is 0 Å². The zero-order valence-corrected chi connectivity index (χ0v) is 10.9. The standard InChI is InChI=1S/C13H21NOS/c1-9-3-6-12(16-9)13(10(2)14)15-8-7-11-4-5-11/h3,6,10-11,13H,4-5,7-8,14H2,1-2H3. The summed E-state index contributed by atoms with van der Waals surface area (Å²) in [6.07, 6.45) is 4.07. The Morgan fingerprint density at radius 2 is 2.25 bits per heavy atom. The van der Waals surface area contributed by atoms with Crippen LogP contribution in [0.2, 0.25) is 0 Å². The first-order valence-corrected chi connectivity index (χ1v) is 6.92. The van der Waals surface area contributed by atoms with Crippen LogP contribution in [0, 0.1) is 12.8 Å². The molecule has 1 aliphatic rings. The Morgan fingerprint density at radius 3 is 2.75 bits per heavy atom. The highest BCUT2D eigenvalue weighted by molar-refractivity contribution is 7.12. The lowest BCUT2D eigenvalue weighted by molar-refractivity contribution is 0.0370. The average Bonchev–Trinajstić information content (AvgIpc) is 2.95. The summed E-state index contributed by atoms with van der Waals surface area (Å²) in [7, 11) is 0. The summed E-state index contributed by atoms with van der Waals surface area (Å²) in [5.74, 6) is 0.929. The fourth-order valence-electron chi connectivity index (χ4n) is 1.87. The summed E-state index contributed by atoms with van der Waals surface area (Å²) in [6, 6.07) is 4.35. The van der Waals surface area contributed by atoms with Gasteiger partial charge in [0.2, 0.25) is 0 Å². The van der Waals surface area contributed by atoms with Crippen LogP contribution in [0.3, 0.4) is 0 Å². The molecule has 2 rings (SSSR count). The number of hydrogen-bond donors (Lipinski definition) is 1. The summed E-state index contributed by atoms with van der Waals surface area (Å²) in [6.45, 7) is 5.00. The van der Waals surface area contributed by atoms with Crippen molar-refractivity contribution in [2.24, 2.45) is 11.7 Å². The van der Waals surface area contributed by atoms with E-state index in [4.69, 9.17) is 10.5 Å². The Labute approximate surface area is 102 Å². The van der Waals surface area contributed by atoms with E-state index in [1.165, 1.54) is 29.0 Å². The third-order valence-electron chi connectivity index (χ3n) is 3.04. The van der Waals surface area contributed by atoms with Gasteiger partial charge in [0.25, 0.3) is 0 Å². The maximum Gasteiger partial charge on any atom is 0.106 e. The zero-order chi connectivity index (χ0) is 11.5. The maximum atomic E-state index is 5.99. The van der Waals surface area contributed by atoms with E-state index in [9.17, 15) is 0 Å². The summed E-state index contributed by atoms with van der Waals surface area (Å²) in [5, 5.41) is 0. The van der Waals surface area contributed by atoms with Crippen LogP contribution in [-0.4, -0.2) is 12.6 Å². The number of thiophene rings is 1. The van der Waals surface area contributed by atoms with E-state index < -0.39 is 0 Å². The minimum atomic E-state index is 0.0669. The predicted octanol–water partition coefficient (Wildman–Crippen LogP) is 3.26. The van der Waals surface area contributed by atoms with Crippen molar-refractivity contribution in [1.82, 2.24) is 0 Å². The highest BCUT2D eigenvalue weighted by Gasteiger charge is 2.23. The van der Waals surface area contributed by atoms with Gasteiger partial charge in [-0.05, 0) is 38.3 Å². The topological polar surface area (TPSA) is 35.2 Å². The third-order valence-corrected chi connectivity index (χ3v) is 4.10. The van der Waals surface area contributed by atoms with Crippen LogP contribution >= 0.6 is 11.3 Å². The first-order chi connectivity index (χ1) is 7.66. The number of aryl methyl sites for hydroxylation is 1. The van der Waals surface area contributed by atoms with E-state index in [2.05, 4.69) is 19.1 Å². The van der Waals surface area contributed by atoms with Gasteiger partial charge in [-0.3, -0.25) is 0 Å². The molecule has 0 saturated heterocycles. The lowest BCUT2D eigenvalue weighted by atomic mass is 10.1. The SMILES string of the molecule is Cc1ccc(C(OCCC2CC2)C(C)N)s1. The highest BCUT2D eigenvalue weighted by Crippen LogP contribution is 2.33. The summed E-state index contributed by atoms with van der Waals surface area (Å²) >= 11 is 1.79. The van der Waals surface area contributed by atoms with Crippen LogP contribution in [0.4, 0.5) is 0 Å². The van der Waals surface area contributed by atoms with Gasteiger partial charge in [-0.15, -0.1) is 11.3 Å². The largest absolute Gasteiger partial charge is 0.371 e. The van der Waals surface area contributed by atoms with Crippen LogP contribution < -0.4 is 5.73 Å². The molecule has 0 spiro atoms. The molecule has 1 fully saturated rings. The van der Waals surface area contributed by atoms with Gasteiger partial charge in [0, 0.05) is 22.4 Å². The van der Waals surface area contributed by atoms with Crippen LogP contribution in [0.15, 0.2) is 12.1 Å². The highest BCUT2D eigenvalue weighted by atomic mass is 32.1. The van der Waals surface area contributed by atoms with Crippen LogP contribution in [0.5, 0.6) is 0 Å². The molecule has 2 N–H and O–H groups in total. The summed E-state index contributed by atoms with van der Waals surface area (Å²) < 4.78 is 5.94. The van der Waals surface area contributed by atoms with E-state index >= 15 is 0 Å². The molecule has 2 atom stereocenters. The van der Waals surface area contributed by atoms with Crippen molar-refractivity contribution in [1.29, 1.82) is 0 Å². The zero-order valence-electron chi connectivity index (χ0n) is 10.1. The molecule has 0 aliphatic heterocycles. The molecule has 1 aromatic heterocycles. The minimum Gasteiger partial charge on any atom is -0.371 e. The van der Waals surface area contributed by atoms with Crippen molar-refractivity contribution >= 4 is 11.3 Å². The van der Waals surface area contributed by atoms with Gasteiger partial charge in [-0.1, -0.05) is 12.8 Å². The van der Waals surface area contributed by atoms with Crippen LogP contribution in [0.25, 0.3) is 0 Å². The molecule has 16 heavy (non-hydrogen) atoms. The Morgan fingerprint density at radius 1 is 1.50 bits per heavy atom. The second kappa shape index (κ2) is 5.30. The van der Waals surface area contributed by atoms with E-state index in [1.807, 2.05) is 6.92 Å². The van der Waals surface area contributed by atoms with Crippen molar-refractivity contribution in [3.05, 3.63) is 21.9 Å². The molecule has 2 nitrogen and oxygen atoms in total. The molecule has 90 valence electrons. The fraction of sp³-hybridized carbons (Fsp3) is 0.692. The van der Waals surface area contributed by atoms with Crippen molar-refractivity contribution in [3.63, 3.8) is 0 Å². The van der Waals surface area contributed by atoms with Gasteiger partial charge in [0.15, 0.2) is 0 Å². The molecule has 3 heteroatoms. The van der Waals surface area contributed by atoms with Gasteiger partial charge < -0.3 is 10.5 Å². The van der Waals surface area contributed by atoms with Crippen molar-refractivity contribution < 1.29 is 4.74 Å². The summed E-state index contributed by atoms with van der Waals surface area (Å²) in [5.41, 5.74) is 5.99. The molecule has 1 aliphatic carbocycles. The second-order valence-corrected chi connectivity index (χ2v) is 6.15. The Hall–Kier alpha value is -0.380. The molecule has 1 heterocycles. The molecule has 1 saturated carbocycles. The first-order valence-electron chi connectivity index (χ1n) is 6.10. The fourth-order valence-corrected chi connectivity index (χ4v) is 2.91. The Kier molecular flexibility index (Phi) is 4.00. The molecule has 1 aromatic rings. The first kappa shape index (κ1) is 12.1. The normalized spacial score (nSPS) is 19.7. The van der Waals surface area contributed by atoms with Crippen LogP contribution in [-0.2, 0) is 4.74 Å². The lowest BCUT2D eigenvalue weighted by Gasteiger charge is -2.20. The van der Waals surface area contributed by atoms with E-state index in [-0.39, 0.29) is 12.1 Å². The second-order valence-electron chi connectivity index (χ2n) is 4.83. The van der Waals surface area contributed by atoms with Crippen LogP contribution in [0.1, 0.15) is 42.0 Å². The third kappa shape index (κ3) is 3.30. The van der Waals surface area contributed by atoms with E-state index in [1.54, 1.807) is 11.3 Å². The number of ether oxygens (including phenoxy) is 1. The Balaban J connectivity index is 1.88. The monoisotopic (exact) mass is 239 g/mol. The van der Waals surface area contributed by atoms with Gasteiger partial charge in [-0.25, -0.2) is 0 Å². The van der Waals surface area contributed by atoms with Gasteiger partial charge in [0.05, 0.1) is 0 Å². The molecule has 0 radical (unpaired) electrons. The maximum absolute atomic E-state index is 5.99. The molecule has 2 unspecified atom stereocenters. The number of rotatable bonds is 6. The van der Waals surface area contributed by atoms with Gasteiger partial charge in [-0.2, -0.15) is 0 Å². The van der Waals surface area contributed by atoms with Gasteiger partial charge >= 0.3 is 0 Å². The summed E-state index contributed by atoms with van der Waals surface area (Å²) in [4.78, 5) is 2.59.